The third kappa shape index (κ3) is 6.32. The second kappa shape index (κ2) is 12.4. The monoisotopic (exact) mass is 582 g/mol. The van der Waals surface area contributed by atoms with Gasteiger partial charge in [0.2, 0.25) is 0 Å². The largest absolute Gasteiger partial charge is 0.481 e. The lowest BCUT2D eigenvalue weighted by Crippen LogP contribution is -2.16. The molecule has 4 aromatic carbocycles. The summed E-state index contributed by atoms with van der Waals surface area (Å²) < 4.78 is 10.0. The Labute approximate surface area is 247 Å². The van der Waals surface area contributed by atoms with E-state index in [0.717, 1.165) is 38.3 Å². The van der Waals surface area contributed by atoms with Crippen molar-refractivity contribution in [2.24, 2.45) is 0 Å². The second-order valence-corrected chi connectivity index (χ2v) is 10.7. The number of nitrogens with one attached hydrogen (secondary N) is 1. The van der Waals surface area contributed by atoms with E-state index in [1.165, 1.54) is 11.5 Å². The number of hydrogen-bond donors (Lipinski definition) is 2. The van der Waals surface area contributed by atoms with Gasteiger partial charge in [0.25, 0.3) is 0 Å². The van der Waals surface area contributed by atoms with Crippen LogP contribution >= 0.6 is 23.1 Å². The summed E-state index contributed by atoms with van der Waals surface area (Å²) >= 11 is 7.55. The quantitative estimate of drug-likeness (QED) is 0.191. The predicted molar refractivity (Wildman–Crippen MR) is 164 cm³/mol. The molecule has 8 heteroatoms. The third-order valence-corrected chi connectivity index (χ3v) is 8.15. The Bertz CT molecular complexity index is 1670. The molecule has 5 aromatic rings. The van der Waals surface area contributed by atoms with Gasteiger partial charge in [0.05, 0.1) is 16.3 Å². The topological polar surface area (TPSA) is 88.5 Å². The standard InChI is InChI=1S/C33H27ClN2O4S/c1-20-30(35-33(39)40-21(2)27-10-6-7-11-28(27)34)31(41-36-20)26-18-14-23(15-19-26)22-12-16-25(17-13-22)29(32(37)38)24-8-4-3-5-9-24/h3-19,21,29H,1-2H3,(H,35,39)(H,37,38). The zero-order valence-electron chi connectivity index (χ0n) is 22.4. The molecule has 0 aliphatic heterocycles. The van der Waals surface area contributed by atoms with E-state index in [9.17, 15) is 14.7 Å². The lowest BCUT2D eigenvalue weighted by Gasteiger charge is -2.16. The Balaban J connectivity index is 1.31. The van der Waals surface area contributed by atoms with Crippen LogP contribution in [0.3, 0.4) is 0 Å². The molecule has 0 aliphatic carbocycles. The number of nitrogens with zero attached hydrogens (tertiary/aromatic N) is 1. The van der Waals surface area contributed by atoms with Crippen molar-refractivity contribution in [3.8, 4) is 21.6 Å². The third-order valence-electron chi connectivity index (χ3n) is 6.82. The number of anilines is 1. The number of aryl methyl sites for hydroxylation is 1. The van der Waals surface area contributed by atoms with E-state index >= 15 is 0 Å². The van der Waals surface area contributed by atoms with Crippen molar-refractivity contribution >= 4 is 40.9 Å². The molecular weight excluding hydrogens is 556 g/mol. The molecule has 0 bridgehead atoms. The van der Waals surface area contributed by atoms with Crippen molar-refractivity contribution in [1.29, 1.82) is 0 Å². The first-order valence-electron chi connectivity index (χ1n) is 13.0. The summed E-state index contributed by atoms with van der Waals surface area (Å²) in [6.45, 7) is 3.61. The molecule has 0 saturated carbocycles. The number of amides is 1. The van der Waals surface area contributed by atoms with Gasteiger partial charge in [0.15, 0.2) is 0 Å². The van der Waals surface area contributed by atoms with Crippen LogP contribution in [0.2, 0.25) is 5.02 Å². The van der Waals surface area contributed by atoms with Crippen LogP contribution in [-0.4, -0.2) is 21.5 Å². The van der Waals surface area contributed by atoms with E-state index in [-0.39, 0.29) is 0 Å². The van der Waals surface area contributed by atoms with E-state index in [1.54, 1.807) is 13.0 Å². The van der Waals surface area contributed by atoms with Gasteiger partial charge in [-0.25, -0.2) is 4.79 Å². The fourth-order valence-corrected chi connectivity index (χ4v) is 5.82. The van der Waals surface area contributed by atoms with Crippen LogP contribution in [0.4, 0.5) is 10.5 Å². The SMILES string of the molecule is Cc1nsc(-c2ccc(-c3ccc(C(C(=O)O)c4ccccc4)cc3)cc2)c1NC(=O)OC(C)c1ccccc1Cl. The van der Waals surface area contributed by atoms with E-state index in [0.29, 0.717) is 16.4 Å². The van der Waals surface area contributed by atoms with Crippen LogP contribution in [0, 0.1) is 6.92 Å². The molecule has 0 radical (unpaired) electrons. The highest BCUT2D eigenvalue weighted by Gasteiger charge is 2.22. The van der Waals surface area contributed by atoms with Crippen LogP contribution in [0.5, 0.6) is 0 Å². The normalized spacial score (nSPS) is 12.4. The van der Waals surface area contributed by atoms with Crippen LogP contribution in [0.1, 0.15) is 41.3 Å². The Morgan fingerprint density at radius 3 is 2.02 bits per heavy atom. The molecule has 1 aromatic heterocycles. The molecule has 0 aliphatic rings. The van der Waals surface area contributed by atoms with Crippen LogP contribution in [0.25, 0.3) is 21.6 Å². The number of carboxylic acids is 1. The number of rotatable bonds is 8. The molecule has 1 amide bonds. The smallest absolute Gasteiger partial charge is 0.412 e. The van der Waals surface area contributed by atoms with Crippen LogP contribution in [-0.2, 0) is 9.53 Å². The van der Waals surface area contributed by atoms with Gasteiger partial charge in [-0.2, -0.15) is 4.37 Å². The number of halogens is 1. The van der Waals surface area contributed by atoms with E-state index < -0.39 is 24.1 Å². The van der Waals surface area contributed by atoms with Crippen molar-refractivity contribution in [2.45, 2.75) is 25.9 Å². The van der Waals surface area contributed by atoms with E-state index in [4.69, 9.17) is 16.3 Å². The molecule has 0 fully saturated rings. The van der Waals surface area contributed by atoms with Crippen LogP contribution in [0.15, 0.2) is 103 Å². The predicted octanol–water partition coefficient (Wildman–Crippen LogP) is 8.97. The minimum Gasteiger partial charge on any atom is -0.481 e. The van der Waals surface area contributed by atoms with Gasteiger partial charge < -0.3 is 9.84 Å². The summed E-state index contributed by atoms with van der Waals surface area (Å²) in [4.78, 5) is 25.6. The molecule has 5 rings (SSSR count). The lowest BCUT2D eigenvalue weighted by atomic mass is 9.90. The molecule has 6 nitrogen and oxygen atoms in total. The number of carbonyl (C=O) groups excluding carboxylic acids is 1. The van der Waals surface area contributed by atoms with Gasteiger partial charge in [-0.3, -0.25) is 10.1 Å². The fraction of sp³-hybridized carbons (Fsp3) is 0.121. The summed E-state index contributed by atoms with van der Waals surface area (Å²) in [5.41, 5.74) is 6.33. The number of hydrogen-bond acceptors (Lipinski definition) is 5. The van der Waals surface area contributed by atoms with Gasteiger partial charge in [-0.05, 0) is 59.3 Å². The van der Waals surface area contributed by atoms with Crippen molar-refractivity contribution in [3.63, 3.8) is 0 Å². The molecule has 41 heavy (non-hydrogen) atoms. The molecule has 0 spiro atoms. The molecule has 2 unspecified atom stereocenters. The first kappa shape index (κ1) is 28.1. The highest BCUT2D eigenvalue weighted by atomic mass is 35.5. The first-order chi connectivity index (χ1) is 19.8. The summed E-state index contributed by atoms with van der Waals surface area (Å²) in [5.74, 6) is -1.62. The minimum atomic E-state index is -0.889. The summed E-state index contributed by atoms with van der Waals surface area (Å²) in [7, 11) is 0. The van der Waals surface area contributed by atoms with Gasteiger partial charge >= 0.3 is 12.1 Å². The molecule has 1 heterocycles. The average Bonchev–Trinajstić information content (AvgIpc) is 3.33. The fourth-order valence-electron chi connectivity index (χ4n) is 4.68. The molecular formula is C33H27ClN2O4S. The van der Waals surface area contributed by atoms with Crippen molar-refractivity contribution in [1.82, 2.24) is 4.37 Å². The van der Waals surface area contributed by atoms with Crippen molar-refractivity contribution in [2.75, 3.05) is 5.32 Å². The van der Waals surface area contributed by atoms with Gasteiger partial charge in [-0.15, -0.1) is 0 Å². The second-order valence-electron chi connectivity index (χ2n) is 9.55. The van der Waals surface area contributed by atoms with Crippen molar-refractivity contribution < 1.29 is 19.4 Å². The van der Waals surface area contributed by atoms with Gasteiger partial charge in [0.1, 0.15) is 12.0 Å². The Hall–Kier alpha value is -4.46. The Morgan fingerprint density at radius 2 is 1.39 bits per heavy atom. The molecule has 0 saturated heterocycles. The molecule has 2 N–H and O–H groups in total. The Morgan fingerprint density at radius 1 is 0.829 bits per heavy atom. The number of aromatic nitrogens is 1. The average molecular weight is 583 g/mol. The summed E-state index contributed by atoms with van der Waals surface area (Å²) in [6, 6.07) is 32.0. The molecule has 2 atom stereocenters. The summed E-state index contributed by atoms with van der Waals surface area (Å²) in [6.07, 6.45) is -1.11. The maximum absolute atomic E-state index is 12.8. The zero-order valence-corrected chi connectivity index (χ0v) is 23.9. The number of benzene rings is 4. The van der Waals surface area contributed by atoms with E-state index in [1.807, 2.05) is 104 Å². The van der Waals surface area contributed by atoms with Crippen molar-refractivity contribution in [3.05, 3.63) is 131 Å². The Kier molecular flexibility index (Phi) is 8.47. The van der Waals surface area contributed by atoms with Gasteiger partial charge in [0, 0.05) is 10.6 Å². The molecule has 206 valence electrons. The number of aliphatic carboxylic acids is 1. The highest BCUT2D eigenvalue weighted by Crippen LogP contribution is 2.37. The highest BCUT2D eigenvalue weighted by molar-refractivity contribution is 7.10. The zero-order chi connectivity index (χ0) is 28.9. The van der Waals surface area contributed by atoms with E-state index in [2.05, 4.69) is 9.69 Å². The maximum atomic E-state index is 12.8. The number of ether oxygens (including phenoxy) is 1. The minimum absolute atomic E-state index is 0.525. The number of carbonyl (C=O) groups is 2. The lowest BCUT2D eigenvalue weighted by molar-refractivity contribution is -0.137. The van der Waals surface area contributed by atoms with Crippen LogP contribution < -0.4 is 5.32 Å². The summed E-state index contributed by atoms with van der Waals surface area (Å²) in [5, 5.41) is 13.2. The van der Waals surface area contributed by atoms with Gasteiger partial charge in [-0.1, -0.05) is 109 Å². The maximum Gasteiger partial charge on any atom is 0.412 e. The first-order valence-corrected chi connectivity index (χ1v) is 14.1. The number of carboxylic acid groups (broad SMARTS) is 1.